The molecule has 7 heteroatoms. The molecule has 1 heterocycles. The van der Waals surface area contributed by atoms with E-state index in [9.17, 15) is 4.79 Å². The molecule has 3 rings (SSSR count). The largest absolute Gasteiger partial charge is 0.490 e. The molecule has 1 N–H and O–H groups in total. The number of ether oxygens (including phenoxy) is 2. The van der Waals surface area contributed by atoms with Gasteiger partial charge in [-0.1, -0.05) is 54.9 Å². The highest BCUT2D eigenvalue weighted by Crippen LogP contribution is 2.31. The minimum atomic E-state index is -0.174. The van der Waals surface area contributed by atoms with E-state index >= 15 is 0 Å². The molecule has 1 aromatic heterocycles. The molecule has 0 aliphatic heterocycles. The molecule has 0 aliphatic rings. The van der Waals surface area contributed by atoms with Crippen molar-refractivity contribution < 1.29 is 18.8 Å². The van der Waals surface area contributed by atoms with Gasteiger partial charge in [0.25, 0.3) is 0 Å². The fourth-order valence-corrected chi connectivity index (χ4v) is 3.24. The second-order valence-corrected chi connectivity index (χ2v) is 8.07. The minimum Gasteiger partial charge on any atom is -0.490 e. The quantitative estimate of drug-likeness (QED) is 0.395. The van der Waals surface area contributed by atoms with E-state index in [0.29, 0.717) is 37.1 Å². The molecule has 1 atom stereocenters. The van der Waals surface area contributed by atoms with Gasteiger partial charge in [0.1, 0.15) is 0 Å². The van der Waals surface area contributed by atoms with Crippen molar-refractivity contribution in [1.29, 1.82) is 0 Å². The van der Waals surface area contributed by atoms with E-state index in [2.05, 4.69) is 29.3 Å². The molecule has 2 aromatic carbocycles. The van der Waals surface area contributed by atoms with Crippen molar-refractivity contribution in [2.45, 2.75) is 59.4 Å². The summed E-state index contributed by atoms with van der Waals surface area (Å²) in [4.78, 5) is 16.9. The van der Waals surface area contributed by atoms with Crippen LogP contribution in [0.15, 0.2) is 47.0 Å². The normalized spacial score (nSPS) is 11.8. The lowest BCUT2D eigenvalue weighted by Gasteiger charge is -2.18. The molecular formula is C26H33N3O4. The number of carbonyl (C=O) groups excluding carboxylic acids is 1. The number of hydrogen-bond donors (Lipinski definition) is 1. The summed E-state index contributed by atoms with van der Waals surface area (Å²) in [6.07, 6.45) is 2.47. The van der Waals surface area contributed by atoms with Crippen molar-refractivity contribution >= 4 is 5.91 Å². The maximum absolute atomic E-state index is 12.5. The third-order valence-electron chi connectivity index (χ3n) is 5.11. The van der Waals surface area contributed by atoms with Crippen molar-refractivity contribution in [3.8, 4) is 22.9 Å². The number of aromatic nitrogens is 2. The summed E-state index contributed by atoms with van der Waals surface area (Å²) in [5, 5.41) is 7.05. The fraction of sp³-hybridized carbons (Fsp3) is 0.423. The molecule has 0 saturated carbocycles. The minimum absolute atomic E-state index is 0.0834. The second kappa shape index (κ2) is 12.0. The smallest absolute Gasteiger partial charge is 0.227 e. The first kappa shape index (κ1) is 24.3. The Labute approximate surface area is 195 Å². The number of hydrogen-bond acceptors (Lipinski definition) is 6. The van der Waals surface area contributed by atoms with Crippen molar-refractivity contribution in [2.24, 2.45) is 0 Å². The number of rotatable bonds is 12. The average molecular weight is 452 g/mol. The monoisotopic (exact) mass is 451 g/mol. The summed E-state index contributed by atoms with van der Waals surface area (Å²) in [6.45, 7) is 9.35. The van der Waals surface area contributed by atoms with Crippen molar-refractivity contribution in [3.63, 3.8) is 0 Å². The first-order valence-corrected chi connectivity index (χ1v) is 11.6. The maximum Gasteiger partial charge on any atom is 0.227 e. The van der Waals surface area contributed by atoms with Crippen LogP contribution in [0.4, 0.5) is 0 Å². The first-order chi connectivity index (χ1) is 16.0. The number of nitrogens with zero attached hydrogens (tertiary/aromatic N) is 2. The van der Waals surface area contributed by atoms with Gasteiger partial charge in [0.2, 0.25) is 17.6 Å². The summed E-state index contributed by atoms with van der Waals surface area (Å²) < 4.78 is 17.0. The van der Waals surface area contributed by atoms with E-state index < -0.39 is 0 Å². The van der Waals surface area contributed by atoms with Gasteiger partial charge in [0, 0.05) is 18.4 Å². The van der Waals surface area contributed by atoms with Crippen molar-refractivity contribution in [2.75, 3.05) is 13.2 Å². The summed E-state index contributed by atoms with van der Waals surface area (Å²) in [5.41, 5.74) is 3.01. The molecule has 0 aliphatic carbocycles. The summed E-state index contributed by atoms with van der Waals surface area (Å²) in [5.74, 6) is 2.33. The van der Waals surface area contributed by atoms with Crippen LogP contribution in [0.2, 0.25) is 0 Å². The van der Waals surface area contributed by atoms with Gasteiger partial charge in [-0.15, -0.1) is 0 Å². The summed E-state index contributed by atoms with van der Waals surface area (Å²) in [7, 11) is 0. The van der Waals surface area contributed by atoms with E-state index in [4.69, 9.17) is 14.0 Å². The Bertz CT molecular complexity index is 1030. The van der Waals surface area contributed by atoms with Crippen LogP contribution in [0.25, 0.3) is 11.4 Å². The zero-order valence-corrected chi connectivity index (χ0v) is 19.9. The van der Waals surface area contributed by atoms with Crippen LogP contribution in [0, 0.1) is 6.92 Å². The predicted octanol–water partition coefficient (Wildman–Crippen LogP) is 5.43. The molecule has 1 amide bonds. The third-order valence-corrected chi connectivity index (χ3v) is 5.11. The highest BCUT2D eigenvalue weighted by atomic mass is 16.5. The van der Waals surface area contributed by atoms with E-state index in [0.717, 1.165) is 29.7 Å². The van der Waals surface area contributed by atoms with Gasteiger partial charge in [-0.2, -0.15) is 4.98 Å². The summed E-state index contributed by atoms with van der Waals surface area (Å²) >= 11 is 0. The van der Waals surface area contributed by atoms with Crippen molar-refractivity contribution in [3.05, 3.63) is 59.5 Å². The third kappa shape index (κ3) is 7.07. The van der Waals surface area contributed by atoms with Gasteiger partial charge in [-0.25, -0.2) is 0 Å². The van der Waals surface area contributed by atoms with Gasteiger partial charge in [-0.3, -0.25) is 4.79 Å². The average Bonchev–Trinajstić information content (AvgIpc) is 3.29. The van der Waals surface area contributed by atoms with Crippen LogP contribution in [0.5, 0.6) is 11.5 Å². The zero-order chi connectivity index (χ0) is 23.6. The predicted molar refractivity (Wildman–Crippen MR) is 127 cm³/mol. The van der Waals surface area contributed by atoms with Gasteiger partial charge in [0.05, 0.1) is 19.3 Å². The maximum atomic E-state index is 12.5. The molecule has 0 radical (unpaired) electrons. The number of amides is 1. The van der Waals surface area contributed by atoms with Crippen LogP contribution < -0.4 is 14.8 Å². The number of aryl methyl sites for hydroxylation is 2. The van der Waals surface area contributed by atoms with Gasteiger partial charge < -0.3 is 19.3 Å². The topological polar surface area (TPSA) is 86.5 Å². The SMILES string of the molecule is CCCOc1ccc(C(C)NC(=O)CCc2nc(-c3ccc(C)cc3)no2)cc1OCCC. The Morgan fingerprint density at radius 3 is 2.42 bits per heavy atom. The van der Waals surface area contributed by atoms with Crippen LogP contribution >= 0.6 is 0 Å². The Hall–Kier alpha value is -3.35. The molecule has 176 valence electrons. The molecule has 1 unspecified atom stereocenters. The molecule has 7 nitrogen and oxygen atoms in total. The van der Waals surface area contributed by atoms with Crippen LogP contribution in [0.3, 0.4) is 0 Å². The highest BCUT2D eigenvalue weighted by molar-refractivity contribution is 5.76. The standard InChI is InChI=1S/C26H33N3O4/c1-5-15-31-22-12-11-21(17-23(22)32-16-6-2)19(4)27-24(30)13-14-25-28-26(29-33-25)20-9-7-18(3)8-10-20/h7-12,17,19H,5-6,13-16H2,1-4H3,(H,27,30). The van der Waals surface area contributed by atoms with E-state index in [-0.39, 0.29) is 18.4 Å². The molecule has 0 saturated heterocycles. The molecule has 0 fully saturated rings. The van der Waals surface area contributed by atoms with Gasteiger partial charge in [0.15, 0.2) is 11.5 Å². The van der Waals surface area contributed by atoms with Gasteiger partial charge in [-0.05, 0) is 44.4 Å². The fourth-order valence-electron chi connectivity index (χ4n) is 3.24. The van der Waals surface area contributed by atoms with E-state index in [1.807, 2.05) is 56.3 Å². The lowest BCUT2D eigenvalue weighted by atomic mass is 10.1. The Balaban J connectivity index is 1.56. The molecule has 0 spiro atoms. The first-order valence-electron chi connectivity index (χ1n) is 11.6. The van der Waals surface area contributed by atoms with Gasteiger partial charge >= 0.3 is 0 Å². The van der Waals surface area contributed by atoms with E-state index in [1.54, 1.807) is 0 Å². The highest BCUT2D eigenvalue weighted by Gasteiger charge is 2.15. The van der Waals surface area contributed by atoms with Crippen molar-refractivity contribution in [1.82, 2.24) is 15.5 Å². The Kier molecular flexibility index (Phi) is 8.87. The number of nitrogens with one attached hydrogen (secondary N) is 1. The number of benzene rings is 2. The Morgan fingerprint density at radius 1 is 1.03 bits per heavy atom. The lowest BCUT2D eigenvalue weighted by Crippen LogP contribution is -2.26. The lowest BCUT2D eigenvalue weighted by molar-refractivity contribution is -0.121. The zero-order valence-electron chi connectivity index (χ0n) is 19.9. The number of carbonyl (C=O) groups is 1. The van der Waals surface area contributed by atoms with Crippen LogP contribution in [-0.4, -0.2) is 29.3 Å². The van der Waals surface area contributed by atoms with E-state index in [1.165, 1.54) is 5.56 Å². The second-order valence-electron chi connectivity index (χ2n) is 8.07. The Morgan fingerprint density at radius 2 is 1.73 bits per heavy atom. The molecular weight excluding hydrogens is 418 g/mol. The summed E-state index contributed by atoms with van der Waals surface area (Å²) in [6, 6.07) is 13.5. The molecule has 3 aromatic rings. The van der Waals surface area contributed by atoms with Crippen LogP contribution in [-0.2, 0) is 11.2 Å². The van der Waals surface area contributed by atoms with Crippen LogP contribution in [0.1, 0.15) is 63.1 Å². The molecule has 0 bridgehead atoms. The molecule has 33 heavy (non-hydrogen) atoms.